The van der Waals surface area contributed by atoms with Gasteiger partial charge in [0.2, 0.25) is 0 Å². The van der Waals surface area contributed by atoms with E-state index in [1.54, 1.807) is 0 Å². The molecule has 9 heteroatoms. The van der Waals surface area contributed by atoms with Crippen LogP contribution in [0.4, 0.5) is 13.2 Å². The number of hydrogen-bond donors (Lipinski definition) is 1. The summed E-state index contributed by atoms with van der Waals surface area (Å²) in [5.74, 6) is 0.674. The van der Waals surface area contributed by atoms with Crippen LogP contribution in [0, 0.1) is 0 Å². The van der Waals surface area contributed by atoms with Crippen molar-refractivity contribution in [1.29, 1.82) is 0 Å². The maximum absolute atomic E-state index is 13.0. The average Bonchev–Trinajstić information content (AvgIpc) is 2.56. The second kappa shape index (κ2) is 10.2. The molecule has 0 saturated carbocycles. The van der Waals surface area contributed by atoms with Gasteiger partial charge in [0, 0.05) is 19.0 Å². The molecule has 25 heavy (non-hydrogen) atoms. The molecule has 0 radical (unpaired) electrons. The monoisotopic (exact) mass is 374 g/mol. The number of aliphatic hydroxyl groups excluding tert-OH is 1. The van der Waals surface area contributed by atoms with Crippen LogP contribution in [0.5, 0.6) is 0 Å². The van der Waals surface area contributed by atoms with E-state index in [4.69, 9.17) is 5.11 Å². The molecule has 0 spiro atoms. The van der Waals surface area contributed by atoms with Gasteiger partial charge in [-0.2, -0.15) is 13.2 Å². The Morgan fingerprint density at radius 1 is 1.36 bits per heavy atom. The summed E-state index contributed by atoms with van der Waals surface area (Å²) in [5, 5.41) is 9.19. The Labute approximate surface area is 148 Å². The van der Waals surface area contributed by atoms with E-state index in [0.29, 0.717) is 28.5 Å². The molecule has 1 heterocycles. The number of alkyl halides is 3. The molecule has 0 aromatic carbocycles. The first-order valence-corrected chi connectivity index (χ1v) is 8.58. The van der Waals surface area contributed by atoms with Gasteiger partial charge in [-0.3, -0.25) is 19.5 Å². The quantitative estimate of drug-likeness (QED) is 0.711. The van der Waals surface area contributed by atoms with Crippen LogP contribution < -0.4 is 5.49 Å². The van der Waals surface area contributed by atoms with Crippen LogP contribution in [0.3, 0.4) is 0 Å². The van der Waals surface area contributed by atoms with Crippen LogP contribution >= 0.6 is 11.8 Å². The van der Waals surface area contributed by atoms with Crippen molar-refractivity contribution < 1.29 is 18.3 Å². The summed E-state index contributed by atoms with van der Waals surface area (Å²) >= 11 is 1.33. The third kappa shape index (κ3) is 6.87. The van der Waals surface area contributed by atoms with E-state index >= 15 is 0 Å². The zero-order valence-electron chi connectivity index (χ0n) is 14.1. The van der Waals surface area contributed by atoms with Gasteiger partial charge in [-0.1, -0.05) is 13.5 Å². The molecule has 0 atom stereocenters. The number of nitrogens with zero attached hydrogens (tertiary/aromatic N) is 4. The number of rotatable bonds is 8. The van der Waals surface area contributed by atoms with Crippen LogP contribution in [0.15, 0.2) is 39.9 Å². The minimum absolute atomic E-state index is 0.132. The summed E-state index contributed by atoms with van der Waals surface area (Å²) in [5.41, 5.74) is 0.0884. The normalized spacial score (nSPS) is 13.7. The molecule has 0 aliphatic carbocycles. The molecule has 5 nitrogen and oxygen atoms in total. The number of aromatic nitrogens is 1. The molecule has 0 unspecified atom stereocenters. The number of halogens is 3. The lowest BCUT2D eigenvalue weighted by Gasteiger charge is -2.13. The van der Waals surface area contributed by atoms with Gasteiger partial charge in [0.05, 0.1) is 22.8 Å². The molecule has 0 aliphatic rings. The molecule has 1 N–H and O–H groups in total. The first kappa shape index (κ1) is 21.2. The Kier molecular flexibility index (Phi) is 8.64. The maximum atomic E-state index is 13.0. The zero-order valence-corrected chi connectivity index (χ0v) is 14.9. The summed E-state index contributed by atoms with van der Waals surface area (Å²) in [6.45, 7) is 7.82. The first-order valence-electron chi connectivity index (χ1n) is 7.59. The summed E-state index contributed by atoms with van der Waals surface area (Å²) in [4.78, 5) is 12.2. The van der Waals surface area contributed by atoms with Crippen LogP contribution in [-0.4, -0.2) is 47.2 Å². The highest BCUT2D eigenvalue weighted by molar-refractivity contribution is 8.07. The fraction of sp³-hybridized carbons (Fsp3) is 0.438. The van der Waals surface area contributed by atoms with Crippen molar-refractivity contribution in [2.24, 2.45) is 15.0 Å². The molecule has 0 saturated heterocycles. The number of pyridine rings is 1. The van der Waals surface area contributed by atoms with Crippen LogP contribution in [0.1, 0.15) is 19.4 Å². The molecule has 0 bridgehead atoms. The SMILES string of the molecule is C=C(SCC)n1cc(C(F)(F)F)cc/c1=N/CC(/C=N\CO)=N/CC. The highest BCUT2D eigenvalue weighted by Crippen LogP contribution is 2.29. The Morgan fingerprint density at radius 2 is 2.08 bits per heavy atom. The molecule has 0 amide bonds. The minimum Gasteiger partial charge on any atom is -0.375 e. The second-order valence-corrected chi connectivity index (χ2v) is 6.04. The van der Waals surface area contributed by atoms with Crippen molar-refractivity contribution in [3.63, 3.8) is 0 Å². The standard InChI is InChI=1S/C16H21F3N4OS/c1-4-21-14(8-20-11-24)9-22-15-7-6-13(16(17,18)19)10-23(15)12(3)25-5-2/h6-8,10,24H,3-5,9,11H2,1-2H3/b20-8-,21-14+,22-15-. The van der Waals surface area contributed by atoms with E-state index in [-0.39, 0.29) is 13.3 Å². The van der Waals surface area contributed by atoms with Crippen LogP contribution in [0.2, 0.25) is 0 Å². The van der Waals surface area contributed by atoms with Gasteiger partial charge in [0.1, 0.15) is 12.2 Å². The van der Waals surface area contributed by atoms with E-state index in [9.17, 15) is 13.2 Å². The van der Waals surface area contributed by atoms with Crippen molar-refractivity contribution in [2.75, 3.05) is 25.6 Å². The lowest BCUT2D eigenvalue weighted by Crippen LogP contribution is -2.23. The van der Waals surface area contributed by atoms with Crippen molar-refractivity contribution >= 4 is 28.7 Å². The smallest absolute Gasteiger partial charge is 0.375 e. The number of thioether (sulfide) groups is 1. The van der Waals surface area contributed by atoms with E-state index in [1.165, 1.54) is 28.6 Å². The average molecular weight is 374 g/mol. The lowest BCUT2D eigenvalue weighted by molar-refractivity contribution is -0.137. The molecule has 0 aliphatic heterocycles. The Hall–Kier alpha value is -1.87. The summed E-state index contributed by atoms with van der Waals surface area (Å²) < 4.78 is 40.2. The van der Waals surface area contributed by atoms with Gasteiger partial charge in [0.15, 0.2) is 0 Å². The molecule has 1 rings (SSSR count). The molecular weight excluding hydrogens is 353 g/mol. The van der Waals surface area contributed by atoms with Gasteiger partial charge in [-0.25, -0.2) is 0 Å². The van der Waals surface area contributed by atoms with Crippen LogP contribution in [-0.2, 0) is 6.18 Å². The molecule has 1 aromatic heterocycles. The van der Waals surface area contributed by atoms with Crippen molar-refractivity contribution in [1.82, 2.24) is 4.57 Å². The molecule has 1 aromatic rings. The van der Waals surface area contributed by atoms with E-state index in [0.717, 1.165) is 12.3 Å². The lowest BCUT2D eigenvalue weighted by atomic mass is 10.3. The molecule has 138 valence electrons. The van der Waals surface area contributed by atoms with Crippen molar-refractivity contribution in [2.45, 2.75) is 20.0 Å². The number of aliphatic imine (C=N–C) groups is 2. The van der Waals surface area contributed by atoms with Crippen molar-refractivity contribution in [3.8, 4) is 0 Å². The van der Waals surface area contributed by atoms with Gasteiger partial charge in [-0.05, 0) is 24.8 Å². The third-order valence-electron chi connectivity index (χ3n) is 2.92. The van der Waals surface area contributed by atoms with Gasteiger partial charge >= 0.3 is 6.18 Å². The highest BCUT2D eigenvalue weighted by atomic mass is 32.2. The summed E-state index contributed by atoms with van der Waals surface area (Å²) in [7, 11) is 0. The second-order valence-electron chi connectivity index (χ2n) is 4.71. The fourth-order valence-electron chi connectivity index (χ4n) is 1.87. The Bertz CT molecular complexity index is 708. The van der Waals surface area contributed by atoms with E-state index < -0.39 is 11.7 Å². The van der Waals surface area contributed by atoms with E-state index in [1.807, 2.05) is 13.8 Å². The topological polar surface area (TPSA) is 62.2 Å². The maximum Gasteiger partial charge on any atom is 0.417 e. The van der Waals surface area contributed by atoms with Gasteiger partial charge < -0.3 is 5.11 Å². The predicted octanol–water partition coefficient (Wildman–Crippen LogP) is 3.07. The number of hydrogen-bond acceptors (Lipinski definition) is 5. The predicted molar refractivity (Wildman–Crippen MR) is 96.9 cm³/mol. The van der Waals surface area contributed by atoms with Gasteiger partial charge in [-0.15, -0.1) is 11.8 Å². The van der Waals surface area contributed by atoms with Crippen LogP contribution in [0.25, 0.3) is 5.03 Å². The largest absolute Gasteiger partial charge is 0.417 e. The third-order valence-corrected chi connectivity index (χ3v) is 3.74. The summed E-state index contributed by atoms with van der Waals surface area (Å²) in [6, 6.07) is 2.29. The molecular formula is C16H21F3N4OS. The highest BCUT2D eigenvalue weighted by Gasteiger charge is 2.31. The summed E-state index contributed by atoms with van der Waals surface area (Å²) in [6.07, 6.45) is -2.06. The Morgan fingerprint density at radius 3 is 2.64 bits per heavy atom. The zero-order chi connectivity index (χ0) is 18.9. The fourth-order valence-corrected chi connectivity index (χ4v) is 2.49. The number of aliphatic hydroxyl groups is 1. The van der Waals surface area contributed by atoms with E-state index in [2.05, 4.69) is 21.6 Å². The minimum atomic E-state index is -4.44. The van der Waals surface area contributed by atoms with Gasteiger partial charge in [0.25, 0.3) is 0 Å². The first-order chi connectivity index (χ1) is 11.8. The Balaban J connectivity index is 3.30. The van der Waals surface area contributed by atoms with Crippen molar-refractivity contribution in [3.05, 3.63) is 36.0 Å². The molecule has 0 fully saturated rings.